The van der Waals surface area contributed by atoms with Crippen LogP contribution in [0.3, 0.4) is 0 Å². The number of nitrogens with two attached hydrogens (primary N) is 1. The number of benzene rings is 1. The van der Waals surface area contributed by atoms with Gasteiger partial charge in [-0.25, -0.2) is 0 Å². The summed E-state index contributed by atoms with van der Waals surface area (Å²) in [4.78, 5) is 13.8. The van der Waals surface area contributed by atoms with Crippen molar-refractivity contribution in [3.63, 3.8) is 0 Å². The first kappa shape index (κ1) is 21.7. The molecule has 0 saturated carbocycles. The van der Waals surface area contributed by atoms with Crippen molar-refractivity contribution in [1.82, 2.24) is 4.90 Å². The third-order valence-corrected chi connectivity index (χ3v) is 4.21. The molecule has 132 valence electrons. The molecule has 0 radical (unpaired) electrons. The number of rotatable bonds is 8. The molecule has 0 saturated heterocycles. The average Bonchev–Trinajstić information content (AvgIpc) is 2.48. The van der Waals surface area contributed by atoms with Crippen LogP contribution >= 0.6 is 12.4 Å². The quantitative estimate of drug-likeness (QED) is 0.788. The Morgan fingerprint density at radius 2 is 1.96 bits per heavy atom. The number of nitrogens with zero attached hydrogens (tertiary/aromatic N) is 1. The van der Waals surface area contributed by atoms with Crippen LogP contribution in [0.1, 0.15) is 37.8 Å². The summed E-state index contributed by atoms with van der Waals surface area (Å²) in [5.41, 5.74) is 8.34. The number of aryl methyl sites for hydroxylation is 1. The fraction of sp³-hybridized carbons (Fsp3) is 0.611. The van der Waals surface area contributed by atoms with Gasteiger partial charge in [-0.05, 0) is 43.4 Å². The van der Waals surface area contributed by atoms with Gasteiger partial charge in [-0.1, -0.05) is 26.0 Å². The lowest BCUT2D eigenvalue weighted by molar-refractivity contribution is -0.130. The average molecular weight is 343 g/mol. The van der Waals surface area contributed by atoms with Crippen molar-refractivity contribution in [2.75, 3.05) is 20.2 Å². The Balaban J connectivity index is 0.00000484. The number of ether oxygens (including phenoxy) is 1. The summed E-state index contributed by atoms with van der Waals surface area (Å²) < 4.78 is 5.73. The first-order valence-electron chi connectivity index (χ1n) is 8.01. The highest BCUT2D eigenvalue weighted by atomic mass is 35.5. The largest absolute Gasteiger partial charge is 0.493 e. The van der Waals surface area contributed by atoms with Crippen LogP contribution in [-0.2, 0) is 4.79 Å². The maximum absolute atomic E-state index is 12.1. The van der Waals surface area contributed by atoms with Crippen LogP contribution in [0.2, 0.25) is 0 Å². The molecule has 23 heavy (non-hydrogen) atoms. The van der Waals surface area contributed by atoms with Crippen molar-refractivity contribution in [2.45, 2.75) is 46.6 Å². The van der Waals surface area contributed by atoms with Crippen LogP contribution in [0.15, 0.2) is 18.2 Å². The second-order valence-corrected chi connectivity index (χ2v) is 6.31. The fourth-order valence-electron chi connectivity index (χ4n) is 2.12. The molecule has 1 unspecified atom stereocenters. The molecule has 0 aliphatic rings. The van der Waals surface area contributed by atoms with Crippen LogP contribution in [0.25, 0.3) is 0 Å². The van der Waals surface area contributed by atoms with Gasteiger partial charge in [0.25, 0.3) is 0 Å². The van der Waals surface area contributed by atoms with Crippen LogP contribution in [0, 0.1) is 19.8 Å². The Bertz CT molecular complexity index is 492. The van der Waals surface area contributed by atoms with Gasteiger partial charge in [0, 0.05) is 19.6 Å². The van der Waals surface area contributed by atoms with Crippen molar-refractivity contribution in [3.05, 3.63) is 29.3 Å². The van der Waals surface area contributed by atoms with Gasteiger partial charge in [0.2, 0.25) is 5.91 Å². The first-order chi connectivity index (χ1) is 10.3. The molecule has 0 fully saturated rings. The second kappa shape index (κ2) is 10.5. The number of amides is 1. The summed E-state index contributed by atoms with van der Waals surface area (Å²) in [5.74, 6) is 1.40. The van der Waals surface area contributed by atoms with Crippen molar-refractivity contribution in [3.8, 4) is 5.75 Å². The van der Waals surface area contributed by atoms with Gasteiger partial charge in [-0.3, -0.25) is 4.79 Å². The molecule has 5 heteroatoms. The zero-order valence-corrected chi connectivity index (χ0v) is 15.8. The minimum absolute atomic E-state index is 0. The molecule has 0 spiro atoms. The maximum Gasteiger partial charge on any atom is 0.225 e. The molecule has 1 atom stereocenters. The van der Waals surface area contributed by atoms with E-state index in [1.807, 2.05) is 26.1 Å². The minimum atomic E-state index is 0. The number of carbonyl (C=O) groups is 1. The molecule has 0 aliphatic heterocycles. The Kier molecular flexibility index (Phi) is 9.93. The lowest BCUT2D eigenvalue weighted by atomic mass is 10.0. The summed E-state index contributed by atoms with van der Waals surface area (Å²) in [5, 5.41) is 0. The summed E-state index contributed by atoms with van der Waals surface area (Å²) in [7, 11) is 1.83. The fourth-order valence-corrected chi connectivity index (χ4v) is 2.12. The van der Waals surface area contributed by atoms with Crippen LogP contribution < -0.4 is 10.5 Å². The first-order valence-corrected chi connectivity index (χ1v) is 8.01. The summed E-state index contributed by atoms with van der Waals surface area (Å²) >= 11 is 0. The van der Waals surface area contributed by atoms with Gasteiger partial charge in [0.15, 0.2) is 0 Å². The van der Waals surface area contributed by atoms with Gasteiger partial charge in [0.1, 0.15) is 5.75 Å². The predicted octanol–water partition coefficient (Wildman–Crippen LogP) is 3.33. The summed E-state index contributed by atoms with van der Waals surface area (Å²) in [6, 6.07) is 6.11. The van der Waals surface area contributed by atoms with Crippen LogP contribution in [0.4, 0.5) is 0 Å². The maximum atomic E-state index is 12.1. The van der Waals surface area contributed by atoms with Gasteiger partial charge >= 0.3 is 0 Å². The van der Waals surface area contributed by atoms with Crippen LogP contribution in [-0.4, -0.2) is 37.0 Å². The third kappa shape index (κ3) is 7.23. The predicted molar refractivity (Wildman–Crippen MR) is 98.3 cm³/mol. The van der Waals surface area contributed by atoms with E-state index in [0.717, 1.165) is 17.7 Å². The minimum Gasteiger partial charge on any atom is -0.493 e. The van der Waals surface area contributed by atoms with E-state index >= 15 is 0 Å². The van der Waals surface area contributed by atoms with E-state index in [0.29, 0.717) is 25.5 Å². The smallest absolute Gasteiger partial charge is 0.225 e. The molecule has 1 aromatic carbocycles. The SMILES string of the molecule is Cc1cccc(OCCC(=O)N(C)CCC(N)C(C)C)c1C.Cl. The van der Waals surface area contributed by atoms with E-state index in [-0.39, 0.29) is 24.4 Å². The monoisotopic (exact) mass is 342 g/mol. The molecule has 0 aromatic heterocycles. The molecule has 1 aromatic rings. The van der Waals surface area contributed by atoms with Gasteiger partial charge in [0.05, 0.1) is 13.0 Å². The normalized spacial score (nSPS) is 11.8. The molecule has 1 rings (SSSR count). The molecule has 0 aliphatic carbocycles. The Labute approximate surface area is 146 Å². The van der Waals surface area contributed by atoms with E-state index in [1.165, 1.54) is 5.56 Å². The topological polar surface area (TPSA) is 55.6 Å². The second-order valence-electron chi connectivity index (χ2n) is 6.31. The Morgan fingerprint density at radius 1 is 1.30 bits per heavy atom. The molecule has 0 bridgehead atoms. The van der Waals surface area contributed by atoms with Crippen molar-refractivity contribution in [1.29, 1.82) is 0 Å². The van der Waals surface area contributed by atoms with E-state index in [4.69, 9.17) is 10.5 Å². The standard InChI is InChI=1S/C18H30N2O2.ClH/c1-13(2)16(19)9-11-20(5)18(21)10-12-22-17-8-6-7-14(3)15(17)4;/h6-8,13,16H,9-12,19H2,1-5H3;1H. The number of hydrogen-bond acceptors (Lipinski definition) is 3. The van der Waals surface area contributed by atoms with Crippen LogP contribution in [0.5, 0.6) is 5.75 Å². The van der Waals surface area contributed by atoms with Crippen molar-refractivity contribution in [2.24, 2.45) is 11.7 Å². The molecular formula is C18H31ClN2O2. The number of hydrogen-bond donors (Lipinski definition) is 1. The zero-order valence-electron chi connectivity index (χ0n) is 15.0. The summed E-state index contributed by atoms with van der Waals surface area (Å²) in [6.45, 7) is 9.39. The molecule has 0 heterocycles. The highest BCUT2D eigenvalue weighted by Gasteiger charge is 2.13. The van der Waals surface area contributed by atoms with Gasteiger partial charge < -0.3 is 15.4 Å². The number of halogens is 1. The molecule has 2 N–H and O–H groups in total. The highest BCUT2D eigenvalue weighted by Crippen LogP contribution is 2.20. The molecule has 1 amide bonds. The van der Waals surface area contributed by atoms with Gasteiger partial charge in [-0.15, -0.1) is 12.4 Å². The lowest BCUT2D eigenvalue weighted by Crippen LogP contribution is -2.35. The molecule has 4 nitrogen and oxygen atoms in total. The van der Waals surface area contributed by atoms with Gasteiger partial charge in [-0.2, -0.15) is 0 Å². The van der Waals surface area contributed by atoms with Crippen molar-refractivity contribution < 1.29 is 9.53 Å². The van der Waals surface area contributed by atoms with E-state index in [1.54, 1.807) is 4.90 Å². The highest BCUT2D eigenvalue weighted by molar-refractivity contribution is 5.85. The molecular weight excluding hydrogens is 312 g/mol. The summed E-state index contributed by atoms with van der Waals surface area (Å²) in [6.07, 6.45) is 1.22. The van der Waals surface area contributed by atoms with Crippen molar-refractivity contribution >= 4 is 18.3 Å². The van der Waals surface area contributed by atoms with E-state index in [9.17, 15) is 4.79 Å². The van der Waals surface area contributed by atoms with E-state index < -0.39 is 0 Å². The number of carbonyl (C=O) groups excluding carboxylic acids is 1. The lowest BCUT2D eigenvalue weighted by Gasteiger charge is -2.21. The van der Waals surface area contributed by atoms with E-state index in [2.05, 4.69) is 26.8 Å². The zero-order chi connectivity index (χ0) is 16.7. The Hall–Kier alpha value is -1.26. The third-order valence-electron chi connectivity index (χ3n) is 4.21. The Morgan fingerprint density at radius 3 is 2.57 bits per heavy atom.